The molecule has 2 unspecified atom stereocenters. The van der Waals surface area contributed by atoms with Crippen molar-refractivity contribution >= 4 is 37.3 Å². The lowest BCUT2D eigenvalue weighted by Crippen LogP contribution is -2.50. The van der Waals surface area contributed by atoms with E-state index in [-0.39, 0.29) is 18.1 Å². The van der Waals surface area contributed by atoms with Crippen molar-refractivity contribution in [3.05, 3.63) is 59.4 Å². The first kappa shape index (κ1) is 42.2. The summed E-state index contributed by atoms with van der Waals surface area (Å²) in [6.45, 7) is 11.0. The van der Waals surface area contributed by atoms with Crippen molar-refractivity contribution in [1.29, 1.82) is 0 Å². The number of benzene rings is 2. The molecule has 46 heavy (non-hydrogen) atoms. The van der Waals surface area contributed by atoms with Crippen molar-refractivity contribution in [1.82, 2.24) is 10.6 Å². The summed E-state index contributed by atoms with van der Waals surface area (Å²) in [4.78, 5) is 39.9. The first-order valence-electron chi connectivity index (χ1n) is 15.9. The van der Waals surface area contributed by atoms with Crippen LogP contribution in [0.3, 0.4) is 0 Å². The van der Waals surface area contributed by atoms with E-state index in [9.17, 15) is 9.90 Å². The highest BCUT2D eigenvalue weighted by Gasteiger charge is 2.27. The highest BCUT2D eigenvalue weighted by molar-refractivity contribution is 5.97. The Bertz CT molecular complexity index is 1100. The average molecular weight is 647 g/mol. The van der Waals surface area contributed by atoms with Crippen molar-refractivity contribution < 1.29 is 33.8 Å². The average Bonchev–Trinajstić information content (AvgIpc) is 3.07. The van der Waals surface area contributed by atoms with Crippen molar-refractivity contribution in [2.75, 3.05) is 30.4 Å². The molecule has 3 rings (SSSR count). The number of amides is 1. The fraction of sp³-hybridized carbons (Fsp3) is 0.543. The third-order valence-corrected chi connectivity index (χ3v) is 7.56. The van der Waals surface area contributed by atoms with Gasteiger partial charge in [0.05, 0.1) is 23.4 Å². The second kappa shape index (κ2) is 25.4. The van der Waals surface area contributed by atoms with E-state index in [0.717, 1.165) is 37.7 Å². The molecule has 2 aromatic carbocycles. The monoisotopic (exact) mass is 646 g/mol. The maximum absolute atomic E-state index is 15.9. The van der Waals surface area contributed by atoms with Gasteiger partial charge in [0.25, 0.3) is 12.4 Å². The minimum Gasteiger partial charge on any atom is -0.483 e. The van der Waals surface area contributed by atoms with Crippen LogP contribution in [0.4, 0.5) is 15.8 Å². The largest absolute Gasteiger partial charge is 0.483 e. The van der Waals surface area contributed by atoms with E-state index in [1.54, 1.807) is 12.1 Å². The zero-order valence-corrected chi connectivity index (χ0v) is 28.0. The van der Waals surface area contributed by atoms with Gasteiger partial charge in [-0.3, -0.25) is 9.59 Å². The molecule has 1 fully saturated rings. The maximum atomic E-state index is 15.9. The number of carbonyl (C=O) groups is 4. The number of aliphatic hydroxyl groups is 1. The lowest BCUT2D eigenvalue weighted by Gasteiger charge is -2.29. The van der Waals surface area contributed by atoms with Crippen molar-refractivity contribution in [2.24, 2.45) is 0 Å². The first-order valence-corrected chi connectivity index (χ1v) is 15.9. The molecule has 1 saturated carbocycles. The Balaban J connectivity index is 0.00000268. The number of nitrogens with zero attached hydrogens (tertiary/aromatic N) is 1. The number of aliphatic hydroxyl groups excluding tert-OH is 1. The van der Waals surface area contributed by atoms with Crippen molar-refractivity contribution in [3.63, 3.8) is 0 Å². The summed E-state index contributed by atoms with van der Waals surface area (Å²) in [5, 5.41) is 27.9. The Kier molecular flexibility index (Phi) is 23.3. The highest BCUT2D eigenvalue weighted by atomic mass is 19.1. The number of hydrogen-bond donors (Lipinski definition) is 5. The van der Waals surface area contributed by atoms with E-state index in [2.05, 4.69) is 22.9 Å². The Morgan fingerprint density at radius 1 is 1.07 bits per heavy atom. The number of hydrogen-bond acceptors (Lipinski definition) is 8. The topological polar surface area (TPSA) is 148 Å². The van der Waals surface area contributed by atoms with Crippen LogP contribution < -0.4 is 20.9 Å². The van der Waals surface area contributed by atoms with Crippen LogP contribution in [-0.4, -0.2) is 80.5 Å². The van der Waals surface area contributed by atoms with Crippen LogP contribution >= 0.6 is 0 Å². The standard InChI is InChI=1S/C32H49FN4O2.CH2O2.2CH2O/c1-5-6-13-18-37(4)29-21-26(35-23(2)3)20-27(31(29)33)32(39)36-28(19-24-14-9-7-10-15-24)30(38)22-34-25-16-11-8-12-17-25;2-1-3;2*1-2/h7,9-10,14-15,20-21,23,25,28,30,34-35,38H,5-6,8,11-13,16-19,22H2,1-4H3,(H,36,39);1H,(H,2,3);2*1H2. The van der Waals surface area contributed by atoms with Gasteiger partial charge in [0, 0.05) is 37.9 Å². The molecule has 1 aliphatic carbocycles. The second-order valence-electron chi connectivity index (χ2n) is 11.5. The first-order chi connectivity index (χ1) is 22.2. The van der Waals surface area contributed by atoms with E-state index >= 15 is 4.39 Å². The molecule has 2 aromatic rings. The predicted octanol–water partition coefficient (Wildman–Crippen LogP) is 5.23. The minimum atomic E-state index is -0.813. The molecule has 1 aliphatic rings. The Morgan fingerprint density at radius 3 is 2.24 bits per heavy atom. The molecule has 10 nitrogen and oxygen atoms in total. The molecule has 0 spiro atoms. The molecular weight excluding hydrogens is 591 g/mol. The van der Waals surface area contributed by atoms with Gasteiger partial charge in [-0.2, -0.15) is 0 Å². The van der Waals surface area contributed by atoms with Gasteiger partial charge in [0.1, 0.15) is 13.6 Å². The number of unbranched alkanes of at least 4 members (excludes halogenated alkanes) is 2. The zero-order chi connectivity index (χ0) is 34.9. The molecule has 2 atom stereocenters. The highest BCUT2D eigenvalue weighted by Crippen LogP contribution is 2.28. The normalized spacial score (nSPS) is 13.7. The zero-order valence-electron chi connectivity index (χ0n) is 28.0. The van der Waals surface area contributed by atoms with Crippen LogP contribution in [0.1, 0.15) is 88.1 Å². The fourth-order valence-electron chi connectivity index (χ4n) is 5.32. The maximum Gasteiger partial charge on any atom is 0.290 e. The summed E-state index contributed by atoms with van der Waals surface area (Å²) in [6, 6.07) is 13.1. The van der Waals surface area contributed by atoms with E-state index < -0.39 is 23.9 Å². The van der Waals surface area contributed by atoms with Gasteiger partial charge in [0.15, 0.2) is 5.82 Å². The van der Waals surface area contributed by atoms with Gasteiger partial charge < -0.3 is 40.7 Å². The molecule has 0 saturated heterocycles. The molecule has 0 heterocycles. The van der Waals surface area contributed by atoms with Gasteiger partial charge >= 0.3 is 0 Å². The van der Waals surface area contributed by atoms with Crippen LogP contribution in [0, 0.1) is 5.82 Å². The minimum absolute atomic E-state index is 0.0107. The van der Waals surface area contributed by atoms with Crippen LogP contribution in [0.15, 0.2) is 42.5 Å². The van der Waals surface area contributed by atoms with Gasteiger partial charge in [-0.05, 0) is 57.2 Å². The van der Waals surface area contributed by atoms with Crippen molar-refractivity contribution in [2.45, 2.75) is 103 Å². The quantitative estimate of drug-likeness (QED) is 0.130. The summed E-state index contributed by atoms with van der Waals surface area (Å²) in [7, 11) is 1.87. The predicted molar refractivity (Wildman–Crippen MR) is 183 cm³/mol. The van der Waals surface area contributed by atoms with Crippen LogP contribution in [0.5, 0.6) is 0 Å². The summed E-state index contributed by atoms with van der Waals surface area (Å²) < 4.78 is 15.9. The molecular formula is C35H55FN4O6. The summed E-state index contributed by atoms with van der Waals surface area (Å²) in [6.07, 6.45) is 8.63. The number of nitrogens with one attached hydrogen (secondary N) is 3. The van der Waals surface area contributed by atoms with E-state index in [1.807, 2.05) is 69.7 Å². The SMILES string of the molecule is C=O.C=O.CCCCCN(C)c1cc(NC(C)C)cc(C(=O)NC(Cc2ccccc2)C(O)CNC2CCCCC2)c1F.O=CO. The van der Waals surface area contributed by atoms with Gasteiger partial charge in [0.2, 0.25) is 0 Å². The molecule has 11 heteroatoms. The van der Waals surface area contributed by atoms with Gasteiger partial charge in [-0.25, -0.2) is 4.39 Å². The van der Waals surface area contributed by atoms with Gasteiger partial charge in [-0.15, -0.1) is 0 Å². The molecule has 0 radical (unpaired) electrons. The fourth-order valence-corrected chi connectivity index (χ4v) is 5.32. The van der Waals surface area contributed by atoms with Crippen LogP contribution in [-0.2, 0) is 20.8 Å². The summed E-state index contributed by atoms with van der Waals surface area (Å²) in [5.41, 5.74) is 2.10. The molecule has 0 aliphatic heterocycles. The number of carboxylic acid groups (broad SMARTS) is 1. The number of halogens is 1. The second-order valence-corrected chi connectivity index (χ2v) is 11.5. The Morgan fingerprint density at radius 2 is 1.67 bits per heavy atom. The number of rotatable bonds is 15. The molecule has 1 amide bonds. The molecule has 0 aromatic heterocycles. The third-order valence-electron chi connectivity index (χ3n) is 7.56. The van der Waals surface area contributed by atoms with E-state index in [0.29, 0.717) is 36.9 Å². The van der Waals surface area contributed by atoms with Crippen LogP contribution in [0.25, 0.3) is 0 Å². The van der Waals surface area contributed by atoms with Gasteiger partial charge in [-0.1, -0.05) is 69.4 Å². The van der Waals surface area contributed by atoms with E-state index in [1.165, 1.54) is 19.3 Å². The van der Waals surface area contributed by atoms with Crippen LogP contribution in [0.2, 0.25) is 0 Å². The summed E-state index contributed by atoms with van der Waals surface area (Å²) >= 11 is 0. The number of carbonyl (C=O) groups excluding carboxylic acids is 3. The third kappa shape index (κ3) is 15.9. The Hall–Kier alpha value is -3.83. The molecule has 0 bridgehead atoms. The number of anilines is 2. The van der Waals surface area contributed by atoms with E-state index in [4.69, 9.17) is 19.5 Å². The molecule has 258 valence electrons. The van der Waals surface area contributed by atoms with Crippen molar-refractivity contribution in [3.8, 4) is 0 Å². The lowest BCUT2D eigenvalue weighted by molar-refractivity contribution is -0.122. The lowest BCUT2D eigenvalue weighted by atomic mass is 9.94. The smallest absolute Gasteiger partial charge is 0.290 e. The summed E-state index contributed by atoms with van der Waals surface area (Å²) in [5.74, 6) is -1.05. The Labute approximate surface area is 274 Å². The molecule has 5 N–H and O–H groups in total.